The fourth-order valence-corrected chi connectivity index (χ4v) is 4.21. The van der Waals surface area contributed by atoms with E-state index in [2.05, 4.69) is 10.9 Å². The molecule has 2 amide bonds. The normalized spacial score (nSPS) is 11.1. The fraction of sp³-hybridized carbons (Fsp3) is 0.200. The molecule has 0 bridgehead atoms. The van der Waals surface area contributed by atoms with Gasteiger partial charge in [0.15, 0.2) is 11.5 Å². The van der Waals surface area contributed by atoms with Gasteiger partial charge in [-0.2, -0.15) is 4.31 Å². The first kappa shape index (κ1) is 25.7. The fourth-order valence-electron chi connectivity index (χ4n) is 3.08. The Hall–Kier alpha value is -3.89. The Labute approximate surface area is 204 Å². The van der Waals surface area contributed by atoms with Crippen LogP contribution in [-0.2, 0) is 21.4 Å². The summed E-state index contributed by atoms with van der Waals surface area (Å²) in [6.07, 6.45) is 0. The number of hydrogen-bond acceptors (Lipinski definition) is 6. The minimum atomic E-state index is -3.85. The molecule has 0 radical (unpaired) electrons. The van der Waals surface area contributed by atoms with Crippen LogP contribution < -0.4 is 20.3 Å². The third-order valence-corrected chi connectivity index (χ3v) is 6.89. The molecule has 35 heavy (non-hydrogen) atoms. The number of nitrogens with one attached hydrogen (secondary N) is 2. The lowest BCUT2D eigenvalue weighted by atomic mass is 10.2. The van der Waals surface area contributed by atoms with E-state index in [4.69, 9.17) is 9.47 Å². The maximum absolute atomic E-state index is 12.6. The average Bonchev–Trinajstić information content (AvgIpc) is 2.86. The molecular formula is C25H27N3O6S. The van der Waals surface area contributed by atoms with Crippen molar-refractivity contribution in [3.63, 3.8) is 0 Å². The number of benzene rings is 3. The molecule has 3 aromatic rings. The van der Waals surface area contributed by atoms with Crippen molar-refractivity contribution in [1.29, 1.82) is 0 Å². The molecule has 0 saturated carbocycles. The van der Waals surface area contributed by atoms with Crippen LogP contribution in [0.1, 0.15) is 21.5 Å². The first-order valence-electron chi connectivity index (χ1n) is 10.7. The number of carbonyl (C=O) groups is 2. The van der Waals surface area contributed by atoms with Crippen molar-refractivity contribution in [2.75, 3.05) is 20.7 Å². The summed E-state index contributed by atoms with van der Waals surface area (Å²) in [4.78, 5) is 24.8. The molecule has 0 heterocycles. The van der Waals surface area contributed by atoms with E-state index < -0.39 is 28.4 Å². The topological polar surface area (TPSA) is 114 Å². The number of aryl methyl sites for hydroxylation is 1. The molecule has 0 aliphatic rings. The number of likely N-dealkylation sites (N-methyl/N-ethyl adjacent to an activating group) is 1. The molecule has 0 fully saturated rings. The molecule has 0 atom stereocenters. The third kappa shape index (κ3) is 6.81. The number of hydrazine groups is 1. The van der Waals surface area contributed by atoms with Crippen molar-refractivity contribution in [3.8, 4) is 11.5 Å². The van der Waals surface area contributed by atoms with Gasteiger partial charge in [0.1, 0.15) is 6.61 Å². The molecular weight excluding hydrogens is 470 g/mol. The maximum atomic E-state index is 12.6. The van der Waals surface area contributed by atoms with Crippen LogP contribution in [0, 0.1) is 6.92 Å². The van der Waals surface area contributed by atoms with Crippen LogP contribution in [0.15, 0.2) is 77.7 Å². The van der Waals surface area contributed by atoms with Gasteiger partial charge in [0.25, 0.3) is 11.8 Å². The van der Waals surface area contributed by atoms with Crippen molar-refractivity contribution >= 4 is 21.8 Å². The van der Waals surface area contributed by atoms with E-state index in [-0.39, 0.29) is 10.5 Å². The van der Waals surface area contributed by atoms with Crippen LogP contribution in [0.25, 0.3) is 0 Å². The van der Waals surface area contributed by atoms with E-state index in [9.17, 15) is 18.0 Å². The Morgan fingerprint density at radius 2 is 1.60 bits per heavy atom. The van der Waals surface area contributed by atoms with Crippen LogP contribution in [0.5, 0.6) is 11.5 Å². The van der Waals surface area contributed by atoms with Gasteiger partial charge in [0.2, 0.25) is 10.0 Å². The number of carbonyl (C=O) groups excluding carboxylic acids is 2. The zero-order valence-electron chi connectivity index (χ0n) is 19.6. The zero-order chi connectivity index (χ0) is 25.4. The standard InChI is InChI=1S/C25H27N3O6S/c1-18-9-12-21(13-10-18)35(31,32)28(2)16-24(29)26-27-25(30)20-11-14-22(23(15-20)33-3)34-17-19-7-5-4-6-8-19/h4-15H,16-17H2,1-3H3,(H,26,29)(H,27,30). The molecule has 3 aromatic carbocycles. The van der Waals surface area contributed by atoms with Gasteiger partial charge in [0, 0.05) is 12.6 Å². The molecule has 0 aliphatic heterocycles. The highest BCUT2D eigenvalue weighted by molar-refractivity contribution is 7.89. The Morgan fingerprint density at radius 3 is 2.26 bits per heavy atom. The highest BCUT2D eigenvalue weighted by Gasteiger charge is 2.23. The van der Waals surface area contributed by atoms with Crippen LogP contribution in [0.2, 0.25) is 0 Å². The summed E-state index contributed by atoms with van der Waals surface area (Å²) in [5.41, 5.74) is 6.62. The smallest absolute Gasteiger partial charge is 0.269 e. The number of ether oxygens (including phenoxy) is 2. The van der Waals surface area contributed by atoms with Gasteiger partial charge in [-0.05, 0) is 42.8 Å². The Kier molecular flexibility index (Phi) is 8.45. The number of rotatable bonds is 9. The lowest BCUT2D eigenvalue weighted by Gasteiger charge is -2.17. The van der Waals surface area contributed by atoms with E-state index >= 15 is 0 Å². The van der Waals surface area contributed by atoms with Gasteiger partial charge in [-0.1, -0.05) is 48.0 Å². The summed E-state index contributed by atoms with van der Waals surface area (Å²) >= 11 is 0. The summed E-state index contributed by atoms with van der Waals surface area (Å²) < 4.78 is 37.2. The van der Waals surface area contributed by atoms with Crippen molar-refractivity contribution in [2.45, 2.75) is 18.4 Å². The van der Waals surface area contributed by atoms with Gasteiger partial charge in [-0.3, -0.25) is 20.4 Å². The predicted molar refractivity (Wildman–Crippen MR) is 130 cm³/mol. The summed E-state index contributed by atoms with van der Waals surface area (Å²) in [6.45, 7) is 1.70. The molecule has 184 valence electrons. The van der Waals surface area contributed by atoms with E-state index in [1.165, 1.54) is 38.4 Å². The van der Waals surface area contributed by atoms with Gasteiger partial charge < -0.3 is 9.47 Å². The van der Waals surface area contributed by atoms with Crippen LogP contribution >= 0.6 is 0 Å². The van der Waals surface area contributed by atoms with Crippen molar-refractivity contribution in [1.82, 2.24) is 15.2 Å². The third-order valence-electron chi connectivity index (χ3n) is 5.07. The number of hydrogen-bond donors (Lipinski definition) is 2. The Morgan fingerprint density at radius 1 is 0.914 bits per heavy atom. The second-order valence-corrected chi connectivity index (χ2v) is 9.76. The number of sulfonamides is 1. The molecule has 0 aromatic heterocycles. The predicted octanol–water partition coefficient (Wildman–Crippen LogP) is 2.66. The highest BCUT2D eigenvalue weighted by atomic mass is 32.2. The monoisotopic (exact) mass is 497 g/mol. The molecule has 2 N–H and O–H groups in total. The minimum absolute atomic E-state index is 0.0732. The molecule has 0 unspecified atom stereocenters. The minimum Gasteiger partial charge on any atom is -0.493 e. The quantitative estimate of drug-likeness (QED) is 0.440. The second-order valence-electron chi connectivity index (χ2n) is 7.72. The molecule has 0 saturated heterocycles. The Balaban J connectivity index is 1.56. The highest BCUT2D eigenvalue weighted by Crippen LogP contribution is 2.28. The average molecular weight is 498 g/mol. The lowest BCUT2D eigenvalue weighted by Crippen LogP contribution is -2.46. The molecule has 0 aliphatic carbocycles. The van der Waals surface area contributed by atoms with E-state index in [0.29, 0.717) is 18.1 Å². The SMILES string of the molecule is COc1cc(C(=O)NNC(=O)CN(C)S(=O)(=O)c2ccc(C)cc2)ccc1OCc1ccccc1. The van der Waals surface area contributed by atoms with Gasteiger partial charge >= 0.3 is 0 Å². The van der Waals surface area contributed by atoms with Gasteiger partial charge in [-0.15, -0.1) is 0 Å². The number of amides is 2. The van der Waals surface area contributed by atoms with Crippen molar-refractivity contribution in [3.05, 3.63) is 89.5 Å². The first-order chi connectivity index (χ1) is 16.7. The maximum Gasteiger partial charge on any atom is 0.269 e. The lowest BCUT2D eigenvalue weighted by molar-refractivity contribution is -0.121. The van der Waals surface area contributed by atoms with Gasteiger partial charge in [-0.25, -0.2) is 8.42 Å². The van der Waals surface area contributed by atoms with Crippen LogP contribution in [0.4, 0.5) is 0 Å². The van der Waals surface area contributed by atoms with E-state index in [1.54, 1.807) is 18.2 Å². The van der Waals surface area contributed by atoms with E-state index in [0.717, 1.165) is 15.4 Å². The second kappa shape index (κ2) is 11.5. The molecule has 3 rings (SSSR count). The molecule has 9 nitrogen and oxygen atoms in total. The summed E-state index contributed by atoms with van der Waals surface area (Å²) in [6, 6.07) is 20.5. The van der Waals surface area contributed by atoms with Crippen molar-refractivity contribution < 1.29 is 27.5 Å². The summed E-state index contributed by atoms with van der Waals surface area (Å²) in [5.74, 6) is -0.495. The zero-order valence-corrected chi connectivity index (χ0v) is 20.5. The summed E-state index contributed by atoms with van der Waals surface area (Å²) in [5, 5.41) is 0. The first-order valence-corrected chi connectivity index (χ1v) is 12.1. The largest absolute Gasteiger partial charge is 0.493 e. The van der Waals surface area contributed by atoms with Gasteiger partial charge in [0.05, 0.1) is 18.6 Å². The number of methoxy groups -OCH3 is 1. The van der Waals surface area contributed by atoms with Crippen molar-refractivity contribution in [2.24, 2.45) is 0 Å². The van der Waals surface area contributed by atoms with E-state index in [1.807, 2.05) is 37.3 Å². The van der Waals surface area contributed by atoms with Crippen LogP contribution in [0.3, 0.4) is 0 Å². The van der Waals surface area contributed by atoms with Crippen LogP contribution in [-0.4, -0.2) is 45.2 Å². The summed E-state index contributed by atoms with van der Waals surface area (Å²) in [7, 11) is -1.11. The Bertz CT molecular complexity index is 1280. The molecule has 10 heteroatoms. The number of nitrogens with zero attached hydrogens (tertiary/aromatic N) is 1. The molecule has 0 spiro atoms.